The number of carbonyl (C=O) groups is 1. The summed E-state index contributed by atoms with van der Waals surface area (Å²) in [5.74, 6) is 0. The third kappa shape index (κ3) is 2.62. The number of nitrogens with two attached hydrogens (primary N) is 1. The van der Waals surface area contributed by atoms with Crippen LogP contribution in [0.3, 0.4) is 0 Å². The number of rotatable bonds is 3. The molecule has 5 heteroatoms. The van der Waals surface area contributed by atoms with Crippen LogP contribution in [-0.2, 0) is 0 Å². The van der Waals surface area contributed by atoms with E-state index >= 15 is 0 Å². The van der Waals surface area contributed by atoms with Gasteiger partial charge in [0, 0.05) is 11.6 Å². The van der Waals surface area contributed by atoms with E-state index in [2.05, 4.69) is 10.4 Å². The molecule has 2 aromatic carbocycles. The molecular formula is C16H14N4O. The minimum absolute atomic E-state index is 0.581. The van der Waals surface area contributed by atoms with Gasteiger partial charge in [-0.1, -0.05) is 36.4 Å². The van der Waals surface area contributed by atoms with Crippen LogP contribution in [0.5, 0.6) is 0 Å². The van der Waals surface area contributed by atoms with Crippen molar-refractivity contribution in [2.24, 2.45) is 5.73 Å². The maximum atomic E-state index is 11.7. The maximum Gasteiger partial charge on any atom is 0.338 e. The largest absolute Gasteiger partial charge is 0.350 e. The number of pyridine rings is 1. The molecule has 0 atom stereocenters. The molecule has 0 spiro atoms. The molecule has 104 valence electrons. The molecule has 0 saturated carbocycles. The van der Waals surface area contributed by atoms with Crippen molar-refractivity contribution < 1.29 is 4.79 Å². The molecule has 0 bridgehead atoms. The van der Waals surface area contributed by atoms with E-state index in [4.69, 9.17) is 5.73 Å². The zero-order valence-electron chi connectivity index (χ0n) is 11.2. The van der Waals surface area contributed by atoms with Gasteiger partial charge in [0.1, 0.15) is 0 Å². The second kappa shape index (κ2) is 5.50. The Bertz CT molecular complexity index is 768. The summed E-state index contributed by atoms with van der Waals surface area (Å²) in [6.45, 7) is 0. The topological polar surface area (TPSA) is 71.2 Å². The number of hydrogen-bond donors (Lipinski definition) is 2. The summed E-state index contributed by atoms with van der Waals surface area (Å²) in [4.78, 5) is 16.0. The van der Waals surface area contributed by atoms with Crippen LogP contribution in [0.15, 0.2) is 66.9 Å². The summed E-state index contributed by atoms with van der Waals surface area (Å²) in [6.07, 6.45) is 1.69. The Hall–Kier alpha value is -3.08. The average Bonchev–Trinajstić information content (AvgIpc) is 2.53. The molecule has 5 nitrogen and oxygen atoms in total. The number of anilines is 2. The molecular weight excluding hydrogens is 264 g/mol. The molecule has 0 radical (unpaired) electrons. The van der Waals surface area contributed by atoms with E-state index in [-0.39, 0.29) is 0 Å². The Morgan fingerprint density at radius 3 is 2.48 bits per heavy atom. The number of amides is 2. The Balaban J connectivity index is 2.01. The fourth-order valence-electron chi connectivity index (χ4n) is 2.14. The monoisotopic (exact) mass is 278 g/mol. The van der Waals surface area contributed by atoms with Crippen LogP contribution >= 0.6 is 0 Å². The van der Waals surface area contributed by atoms with Gasteiger partial charge < -0.3 is 5.73 Å². The van der Waals surface area contributed by atoms with Crippen LogP contribution in [0.2, 0.25) is 0 Å². The summed E-state index contributed by atoms with van der Waals surface area (Å²) in [5.41, 5.74) is 10.8. The molecule has 3 aromatic rings. The molecule has 2 amide bonds. The first kappa shape index (κ1) is 12.9. The molecule has 0 aliphatic heterocycles. The minimum atomic E-state index is -0.581. The van der Waals surface area contributed by atoms with Gasteiger partial charge in [-0.2, -0.15) is 0 Å². The van der Waals surface area contributed by atoms with Crippen molar-refractivity contribution in [1.82, 2.24) is 4.98 Å². The number of hydrazine groups is 1. The third-order valence-corrected chi connectivity index (χ3v) is 3.12. The quantitative estimate of drug-likeness (QED) is 0.723. The standard InChI is InChI=1S/C16H14N4O/c17-16(21)20(12-6-2-1-3-7-12)19-15-10-11-18-14-9-5-4-8-13(14)15/h1-11H,(H2,17,21)(H,18,19). The van der Waals surface area contributed by atoms with Crippen molar-refractivity contribution >= 4 is 28.3 Å². The van der Waals surface area contributed by atoms with Gasteiger partial charge in [0.2, 0.25) is 0 Å². The van der Waals surface area contributed by atoms with Gasteiger partial charge in [-0.25, -0.2) is 9.80 Å². The number of para-hydroxylation sites is 2. The lowest BCUT2D eigenvalue weighted by Crippen LogP contribution is -2.40. The molecule has 1 aromatic heterocycles. The van der Waals surface area contributed by atoms with Crippen LogP contribution in [0, 0.1) is 0 Å². The minimum Gasteiger partial charge on any atom is -0.350 e. The number of nitrogens with one attached hydrogen (secondary N) is 1. The smallest absolute Gasteiger partial charge is 0.338 e. The number of urea groups is 1. The van der Waals surface area contributed by atoms with Crippen LogP contribution in [0.1, 0.15) is 0 Å². The van der Waals surface area contributed by atoms with E-state index in [9.17, 15) is 4.79 Å². The maximum absolute atomic E-state index is 11.7. The van der Waals surface area contributed by atoms with Crippen LogP contribution < -0.4 is 16.2 Å². The van der Waals surface area contributed by atoms with Gasteiger partial charge in [-0.15, -0.1) is 0 Å². The van der Waals surface area contributed by atoms with E-state index in [1.165, 1.54) is 5.01 Å². The second-order valence-corrected chi connectivity index (χ2v) is 4.50. The Morgan fingerprint density at radius 2 is 1.71 bits per heavy atom. The summed E-state index contributed by atoms with van der Waals surface area (Å²) in [5, 5.41) is 2.23. The van der Waals surface area contributed by atoms with Crippen molar-refractivity contribution in [2.45, 2.75) is 0 Å². The number of benzene rings is 2. The highest BCUT2D eigenvalue weighted by Gasteiger charge is 2.13. The Labute approximate surface area is 122 Å². The first-order chi connectivity index (χ1) is 10.3. The lowest BCUT2D eigenvalue weighted by Gasteiger charge is -2.23. The highest BCUT2D eigenvalue weighted by molar-refractivity contribution is 5.97. The normalized spacial score (nSPS) is 10.3. The highest BCUT2D eigenvalue weighted by atomic mass is 16.2. The molecule has 0 saturated heterocycles. The Kier molecular flexibility index (Phi) is 3.39. The zero-order chi connectivity index (χ0) is 14.7. The van der Waals surface area contributed by atoms with Gasteiger partial charge in [0.15, 0.2) is 0 Å². The van der Waals surface area contributed by atoms with Crippen molar-refractivity contribution in [3.63, 3.8) is 0 Å². The predicted molar refractivity (Wildman–Crippen MR) is 83.9 cm³/mol. The first-order valence-corrected chi connectivity index (χ1v) is 6.51. The van der Waals surface area contributed by atoms with Gasteiger partial charge in [-0.05, 0) is 24.3 Å². The molecule has 21 heavy (non-hydrogen) atoms. The van der Waals surface area contributed by atoms with Gasteiger partial charge in [0.25, 0.3) is 0 Å². The third-order valence-electron chi connectivity index (χ3n) is 3.12. The van der Waals surface area contributed by atoms with Crippen molar-refractivity contribution in [3.8, 4) is 0 Å². The fourth-order valence-corrected chi connectivity index (χ4v) is 2.14. The van der Waals surface area contributed by atoms with Crippen molar-refractivity contribution in [2.75, 3.05) is 10.4 Å². The molecule has 3 rings (SSSR count). The number of fused-ring (bicyclic) bond motifs is 1. The second-order valence-electron chi connectivity index (χ2n) is 4.50. The molecule has 1 heterocycles. The molecule has 0 unspecified atom stereocenters. The van der Waals surface area contributed by atoms with E-state index in [1.54, 1.807) is 24.4 Å². The molecule has 0 aliphatic rings. The van der Waals surface area contributed by atoms with Gasteiger partial charge in [0.05, 0.1) is 16.9 Å². The molecule has 0 fully saturated rings. The lowest BCUT2D eigenvalue weighted by atomic mass is 10.2. The number of hydrogen-bond acceptors (Lipinski definition) is 3. The molecule has 3 N–H and O–H groups in total. The Morgan fingerprint density at radius 1 is 1.00 bits per heavy atom. The average molecular weight is 278 g/mol. The fraction of sp³-hybridized carbons (Fsp3) is 0. The van der Waals surface area contributed by atoms with Crippen molar-refractivity contribution in [3.05, 3.63) is 66.9 Å². The van der Waals surface area contributed by atoms with Gasteiger partial charge in [-0.3, -0.25) is 10.4 Å². The number of primary amides is 1. The summed E-state index contributed by atoms with van der Waals surface area (Å²) in [7, 11) is 0. The zero-order valence-corrected chi connectivity index (χ0v) is 11.2. The summed E-state index contributed by atoms with van der Waals surface area (Å²) in [6, 6.07) is 18.1. The van der Waals surface area contributed by atoms with Crippen LogP contribution in [0.4, 0.5) is 16.2 Å². The number of carbonyl (C=O) groups excluding carboxylic acids is 1. The highest BCUT2D eigenvalue weighted by Crippen LogP contribution is 2.23. The van der Waals surface area contributed by atoms with Crippen molar-refractivity contribution in [1.29, 1.82) is 0 Å². The first-order valence-electron chi connectivity index (χ1n) is 6.51. The van der Waals surface area contributed by atoms with Crippen LogP contribution in [-0.4, -0.2) is 11.0 Å². The number of nitrogens with zero attached hydrogens (tertiary/aromatic N) is 2. The predicted octanol–water partition coefficient (Wildman–Crippen LogP) is 3.15. The van der Waals surface area contributed by atoms with E-state index in [1.807, 2.05) is 42.5 Å². The lowest BCUT2D eigenvalue weighted by molar-refractivity contribution is 0.255. The van der Waals surface area contributed by atoms with E-state index in [0.29, 0.717) is 5.69 Å². The summed E-state index contributed by atoms with van der Waals surface area (Å²) < 4.78 is 0. The summed E-state index contributed by atoms with van der Waals surface area (Å²) >= 11 is 0. The van der Waals surface area contributed by atoms with Crippen LogP contribution in [0.25, 0.3) is 10.9 Å². The van der Waals surface area contributed by atoms with Gasteiger partial charge >= 0.3 is 6.03 Å². The SMILES string of the molecule is NC(=O)N(Nc1ccnc2ccccc12)c1ccccc1. The molecule has 0 aliphatic carbocycles. The number of aromatic nitrogens is 1. The van der Waals surface area contributed by atoms with E-state index in [0.717, 1.165) is 16.6 Å². The van der Waals surface area contributed by atoms with E-state index < -0.39 is 6.03 Å².